The van der Waals surface area contributed by atoms with Crippen LogP contribution in [0.4, 0.5) is 29.3 Å². The molecule has 188 valence electrons. The van der Waals surface area contributed by atoms with E-state index >= 15 is 0 Å². The van der Waals surface area contributed by atoms with Crippen LogP contribution in [0, 0.1) is 0 Å². The highest BCUT2D eigenvalue weighted by Gasteiger charge is 2.30. The van der Waals surface area contributed by atoms with Gasteiger partial charge >= 0.3 is 12.2 Å². The van der Waals surface area contributed by atoms with E-state index in [4.69, 9.17) is 0 Å². The van der Waals surface area contributed by atoms with E-state index < -0.39 is 23.7 Å². The third-order valence-electron chi connectivity index (χ3n) is 5.98. The Kier molecular flexibility index (Phi) is 7.90. The molecule has 0 radical (unpaired) electrons. The first-order valence-corrected chi connectivity index (χ1v) is 11.7. The lowest BCUT2D eigenvalue weighted by molar-refractivity contribution is -0.137. The highest BCUT2D eigenvalue weighted by atomic mass is 19.4. The Morgan fingerprint density at radius 3 is 2.19 bits per heavy atom. The lowest BCUT2D eigenvalue weighted by atomic mass is 10.1. The summed E-state index contributed by atoms with van der Waals surface area (Å²) in [6, 6.07) is 19.7. The molecule has 1 aliphatic rings. The monoisotopic (exact) mass is 496 g/mol. The van der Waals surface area contributed by atoms with Crippen molar-refractivity contribution in [3.05, 3.63) is 95.6 Å². The van der Waals surface area contributed by atoms with Gasteiger partial charge < -0.3 is 20.9 Å². The summed E-state index contributed by atoms with van der Waals surface area (Å²) in [5.41, 5.74) is 0.751. The van der Waals surface area contributed by atoms with E-state index in [0.717, 1.165) is 43.6 Å². The van der Waals surface area contributed by atoms with Gasteiger partial charge in [0.1, 0.15) is 0 Å². The zero-order valence-corrected chi connectivity index (χ0v) is 19.5. The molecule has 6 nitrogen and oxygen atoms in total. The topological polar surface area (TPSA) is 73.5 Å². The Morgan fingerprint density at radius 1 is 0.833 bits per heavy atom. The van der Waals surface area contributed by atoms with Gasteiger partial charge in [-0.3, -0.25) is 4.79 Å². The molecular formula is C27H27F3N4O2. The molecule has 1 saturated heterocycles. The molecule has 3 aromatic rings. The number of nitrogens with one attached hydrogen (secondary N) is 3. The number of urea groups is 1. The number of benzene rings is 3. The van der Waals surface area contributed by atoms with E-state index in [-0.39, 0.29) is 17.3 Å². The molecule has 1 aliphatic heterocycles. The average molecular weight is 497 g/mol. The number of alkyl halides is 3. The van der Waals surface area contributed by atoms with Crippen molar-refractivity contribution < 1.29 is 22.8 Å². The van der Waals surface area contributed by atoms with Crippen LogP contribution in [0.3, 0.4) is 0 Å². The number of carbonyl (C=O) groups excluding carboxylic acids is 2. The molecule has 36 heavy (non-hydrogen) atoms. The average Bonchev–Trinajstić information content (AvgIpc) is 3.37. The molecule has 9 heteroatoms. The lowest BCUT2D eigenvalue weighted by Gasteiger charge is -2.25. The summed E-state index contributed by atoms with van der Waals surface area (Å²) in [5.74, 6) is -0.588. The smallest absolute Gasteiger partial charge is 0.330 e. The first kappa shape index (κ1) is 25.2. The van der Waals surface area contributed by atoms with Crippen molar-refractivity contribution in [1.82, 2.24) is 10.2 Å². The van der Waals surface area contributed by atoms with E-state index in [1.165, 1.54) is 24.3 Å². The number of likely N-dealkylation sites (tertiary alicyclic amines) is 1. The van der Waals surface area contributed by atoms with Crippen LogP contribution < -0.4 is 16.0 Å². The van der Waals surface area contributed by atoms with Crippen LogP contribution in [0.5, 0.6) is 0 Å². The van der Waals surface area contributed by atoms with Crippen molar-refractivity contribution in [3.8, 4) is 0 Å². The van der Waals surface area contributed by atoms with E-state index in [2.05, 4.69) is 20.9 Å². The summed E-state index contributed by atoms with van der Waals surface area (Å²) in [5, 5.41) is 8.25. The zero-order valence-electron chi connectivity index (χ0n) is 19.5. The Morgan fingerprint density at radius 2 is 1.50 bits per heavy atom. The molecule has 1 unspecified atom stereocenters. The van der Waals surface area contributed by atoms with Crippen molar-refractivity contribution in [2.45, 2.75) is 25.1 Å². The second-order valence-electron chi connectivity index (χ2n) is 8.68. The van der Waals surface area contributed by atoms with Gasteiger partial charge in [-0.15, -0.1) is 0 Å². The van der Waals surface area contributed by atoms with E-state index in [1.807, 2.05) is 30.3 Å². The van der Waals surface area contributed by atoms with Gasteiger partial charge in [0.15, 0.2) is 0 Å². The normalized spacial score (nSPS) is 14.8. The van der Waals surface area contributed by atoms with Crippen LogP contribution in [-0.2, 0) is 6.18 Å². The third-order valence-corrected chi connectivity index (χ3v) is 5.98. The number of anilines is 2. The molecule has 1 heterocycles. The molecule has 3 N–H and O–H groups in total. The SMILES string of the molecule is O=C(Nc1cccc(C(=O)Nc2cccc(C(F)(F)F)c2)c1)NC(CN1CCCC1)c1ccccc1. The molecule has 0 aromatic heterocycles. The molecule has 4 rings (SSSR count). The molecule has 3 aromatic carbocycles. The van der Waals surface area contributed by atoms with Crippen LogP contribution in [-0.4, -0.2) is 36.5 Å². The number of nitrogens with zero attached hydrogens (tertiary/aromatic N) is 1. The summed E-state index contributed by atoms with van der Waals surface area (Å²) in [6.45, 7) is 2.68. The van der Waals surface area contributed by atoms with Crippen molar-refractivity contribution in [1.29, 1.82) is 0 Å². The predicted octanol–water partition coefficient (Wildman–Crippen LogP) is 5.92. The fraction of sp³-hybridized carbons (Fsp3) is 0.259. The maximum atomic E-state index is 13.0. The molecule has 0 bridgehead atoms. The van der Waals surface area contributed by atoms with Gasteiger partial charge in [-0.05, 0) is 67.9 Å². The highest BCUT2D eigenvalue weighted by Crippen LogP contribution is 2.30. The Bertz CT molecular complexity index is 1190. The van der Waals surface area contributed by atoms with Crippen LogP contribution in [0.1, 0.15) is 40.4 Å². The maximum Gasteiger partial charge on any atom is 0.416 e. The van der Waals surface area contributed by atoms with E-state index in [1.54, 1.807) is 12.1 Å². The Hall–Kier alpha value is -3.85. The lowest BCUT2D eigenvalue weighted by Crippen LogP contribution is -2.39. The summed E-state index contributed by atoms with van der Waals surface area (Å²) in [4.78, 5) is 27.8. The molecule has 1 fully saturated rings. The molecule has 0 aliphatic carbocycles. The number of halogens is 3. The van der Waals surface area contributed by atoms with Gasteiger partial charge in [0.05, 0.1) is 11.6 Å². The minimum atomic E-state index is -4.51. The molecule has 0 saturated carbocycles. The number of rotatable bonds is 7. The van der Waals surface area contributed by atoms with E-state index in [0.29, 0.717) is 12.2 Å². The van der Waals surface area contributed by atoms with Crippen molar-refractivity contribution in [2.75, 3.05) is 30.3 Å². The van der Waals surface area contributed by atoms with Gasteiger partial charge in [-0.2, -0.15) is 13.2 Å². The minimum Gasteiger partial charge on any atom is -0.330 e. The van der Waals surface area contributed by atoms with Crippen LogP contribution in [0.25, 0.3) is 0 Å². The third kappa shape index (κ3) is 6.85. The molecular weight excluding hydrogens is 469 g/mol. The highest BCUT2D eigenvalue weighted by molar-refractivity contribution is 6.05. The first-order chi connectivity index (χ1) is 17.3. The van der Waals surface area contributed by atoms with Crippen molar-refractivity contribution >= 4 is 23.3 Å². The van der Waals surface area contributed by atoms with Gasteiger partial charge in [0.2, 0.25) is 0 Å². The fourth-order valence-corrected chi connectivity index (χ4v) is 4.18. The number of hydrogen-bond donors (Lipinski definition) is 3. The first-order valence-electron chi connectivity index (χ1n) is 11.7. The van der Waals surface area contributed by atoms with Crippen LogP contribution in [0.15, 0.2) is 78.9 Å². The summed E-state index contributed by atoms with van der Waals surface area (Å²) in [7, 11) is 0. The summed E-state index contributed by atoms with van der Waals surface area (Å²) >= 11 is 0. The minimum absolute atomic E-state index is 0.0264. The van der Waals surface area contributed by atoms with E-state index in [9.17, 15) is 22.8 Å². The Balaban J connectivity index is 1.41. The summed E-state index contributed by atoms with van der Waals surface area (Å²) < 4.78 is 38.9. The number of hydrogen-bond acceptors (Lipinski definition) is 3. The number of carbonyl (C=O) groups is 2. The molecule has 0 spiro atoms. The van der Waals surface area contributed by atoms with Crippen molar-refractivity contribution in [2.24, 2.45) is 0 Å². The second kappa shape index (κ2) is 11.3. The zero-order chi connectivity index (χ0) is 25.5. The van der Waals surface area contributed by atoms with Gasteiger partial charge in [0, 0.05) is 23.5 Å². The second-order valence-corrected chi connectivity index (χ2v) is 8.68. The van der Waals surface area contributed by atoms with Gasteiger partial charge in [0.25, 0.3) is 5.91 Å². The predicted molar refractivity (Wildman–Crippen MR) is 133 cm³/mol. The van der Waals surface area contributed by atoms with Crippen LogP contribution in [0.2, 0.25) is 0 Å². The van der Waals surface area contributed by atoms with Crippen LogP contribution >= 0.6 is 0 Å². The number of amides is 3. The molecule has 3 amide bonds. The summed E-state index contributed by atoms with van der Waals surface area (Å²) in [6.07, 6.45) is -2.23. The van der Waals surface area contributed by atoms with Gasteiger partial charge in [-0.1, -0.05) is 42.5 Å². The van der Waals surface area contributed by atoms with Gasteiger partial charge in [-0.25, -0.2) is 4.79 Å². The fourth-order valence-electron chi connectivity index (χ4n) is 4.18. The Labute approximate surface area is 207 Å². The quantitative estimate of drug-likeness (QED) is 0.380. The molecule has 1 atom stereocenters. The maximum absolute atomic E-state index is 13.0. The standard InChI is InChI=1S/C27H27F3N4O2/c28-27(29,30)21-11-7-13-23(17-21)31-25(35)20-10-6-12-22(16-20)32-26(36)33-24(18-34-14-4-5-15-34)19-8-2-1-3-9-19/h1-3,6-13,16-17,24H,4-5,14-15,18H2,(H,31,35)(H2,32,33,36). The largest absolute Gasteiger partial charge is 0.416 e. The van der Waals surface area contributed by atoms with Crippen molar-refractivity contribution in [3.63, 3.8) is 0 Å².